The topological polar surface area (TPSA) is 97.1 Å². The Morgan fingerprint density at radius 2 is 1.96 bits per heavy atom. The van der Waals surface area contributed by atoms with Gasteiger partial charge < -0.3 is 10.4 Å². The lowest BCUT2D eigenvalue weighted by Crippen LogP contribution is -2.57. The molecule has 24 heavy (non-hydrogen) atoms. The number of nitrogens with one attached hydrogen (secondary N) is 1. The third-order valence-corrected chi connectivity index (χ3v) is 5.03. The van der Waals surface area contributed by atoms with Gasteiger partial charge in [0.05, 0.1) is 6.20 Å². The van der Waals surface area contributed by atoms with Gasteiger partial charge in [-0.05, 0) is 24.3 Å². The number of benzene rings is 1. The average molecular weight is 346 g/mol. The lowest BCUT2D eigenvalue weighted by molar-refractivity contribution is -0.148. The lowest BCUT2D eigenvalue weighted by Gasteiger charge is -2.33. The van der Waals surface area contributed by atoms with Gasteiger partial charge in [0.2, 0.25) is 5.91 Å². The van der Waals surface area contributed by atoms with Crippen molar-refractivity contribution in [3.63, 3.8) is 0 Å². The third-order valence-electron chi connectivity index (χ3n) is 4.05. The molecule has 0 spiro atoms. The van der Waals surface area contributed by atoms with Gasteiger partial charge in [-0.2, -0.15) is 11.8 Å². The summed E-state index contributed by atoms with van der Waals surface area (Å²) in [7, 11) is 0. The Morgan fingerprint density at radius 1 is 1.25 bits per heavy atom. The number of nitrogens with zero attached hydrogens (tertiary/aromatic N) is 3. The van der Waals surface area contributed by atoms with Crippen LogP contribution in [-0.2, 0) is 16.1 Å². The van der Waals surface area contributed by atoms with E-state index in [2.05, 4.69) is 15.6 Å². The quantitative estimate of drug-likeness (QED) is 0.850. The van der Waals surface area contributed by atoms with Crippen molar-refractivity contribution >= 4 is 23.6 Å². The summed E-state index contributed by atoms with van der Waals surface area (Å²) in [6, 6.07) is 9.54. The van der Waals surface area contributed by atoms with Crippen LogP contribution in [0.3, 0.4) is 0 Å². The Balaban J connectivity index is 1.67. The summed E-state index contributed by atoms with van der Waals surface area (Å²) in [5, 5.41) is 20.2. The monoisotopic (exact) mass is 346 g/mol. The highest BCUT2D eigenvalue weighted by atomic mass is 32.2. The minimum Gasteiger partial charge on any atom is -0.480 e. The first-order valence-electron chi connectivity index (χ1n) is 7.67. The first-order chi connectivity index (χ1) is 11.6. The Hall–Kier alpha value is -2.35. The fraction of sp³-hybridized carbons (Fsp3) is 0.375. The van der Waals surface area contributed by atoms with Crippen LogP contribution in [0.4, 0.5) is 0 Å². The number of amides is 1. The molecule has 2 heterocycles. The van der Waals surface area contributed by atoms with Crippen LogP contribution in [0.5, 0.6) is 0 Å². The zero-order valence-corrected chi connectivity index (χ0v) is 13.8. The second-order valence-corrected chi connectivity index (χ2v) is 6.94. The molecule has 2 N–H and O–H groups in total. The second kappa shape index (κ2) is 7.04. The van der Waals surface area contributed by atoms with Crippen LogP contribution in [0.15, 0.2) is 36.5 Å². The van der Waals surface area contributed by atoms with Crippen molar-refractivity contribution in [1.29, 1.82) is 0 Å². The van der Waals surface area contributed by atoms with Gasteiger partial charge in [-0.25, -0.2) is 9.48 Å². The minimum absolute atomic E-state index is 0.0536. The van der Waals surface area contributed by atoms with Crippen LogP contribution < -0.4 is 5.32 Å². The van der Waals surface area contributed by atoms with Crippen molar-refractivity contribution < 1.29 is 14.7 Å². The Morgan fingerprint density at radius 3 is 2.62 bits per heavy atom. The molecule has 0 bridgehead atoms. The first kappa shape index (κ1) is 16.5. The summed E-state index contributed by atoms with van der Waals surface area (Å²) < 4.78 is 1.42. The van der Waals surface area contributed by atoms with E-state index in [0.29, 0.717) is 18.5 Å². The Labute approximate surface area is 143 Å². The molecule has 0 atom stereocenters. The molecule has 1 aliphatic rings. The summed E-state index contributed by atoms with van der Waals surface area (Å²) in [6.07, 6.45) is 2.55. The van der Waals surface area contributed by atoms with Crippen LogP contribution in [0.1, 0.15) is 12.8 Å². The number of aromatic nitrogens is 3. The molecule has 1 aliphatic heterocycles. The first-order valence-corrected chi connectivity index (χ1v) is 8.82. The van der Waals surface area contributed by atoms with Crippen molar-refractivity contribution in [2.45, 2.75) is 24.9 Å². The van der Waals surface area contributed by atoms with Crippen molar-refractivity contribution in [1.82, 2.24) is 20.3 Å². The van der Waals surface area contributed by atoms with Crippen LogP contribution >= 0.6 is 11.8 Å². The van der Waals surface area contributed by atoms with E-state index in [9.17, 15) is 14.7 Å². The minimum atomic E-state index is -1.16. The number of rotatable bonds is 5. The van der Waals surface area contributed by atoms with E-state index in [1.54, 1.807) is 18.0 Å². The third kappa shape index (κ3) is 3.59. The van der Waals surface area contributed by atoms with Gasteiger partial charge in [-0.15, -0.1) is 5.10 Å². The van der Waals surface area contributed by atoms with Crippen LogP contribution in [-0.4, -0.2) is 49.0 Å². The van der Waals surface area contributed by atoms with E-state index < -0.39 is 11.5 Å². The molecule has 1 amide bonds. The predicted molar refractivity (Wildman–Crippen MR) is 90.5 cm³/mol. The maximum absolute atomic E-state index is 12.3. The Bertz CT molecular complexity index is 726. The summed E-state index contributed by atoms with van der Waals surface area (Å²) >= 11 is 1.70. The predicted octanol–water partition coefficient (Wildman–Crippen LogP) is 1.41. The van der Waals surface area contributed by atoms with Crippen molar-refractivity contribution in [2.75, 3.05) is 11.5 Å². The van der Waals surface area contributed by atoms with Gasteiger partial charge in [0, 0.05) is 5.56 Å². The normalized spacial score (nSPS) is 16.5. The molecular weight excluding hydrogens is 328 g/mol. The molecule has 7 nitrogen and oxygen atoms in total. The maximum atomic E-state index is 12.3. The molecule has 1 aromatic heterocycles. The second-order valence-electron chi connectivity index (χ2n) is 5.72. The number of carbonyl (C=O) groups excluding carboxylic acids is 1. The number of carbonyl (C=O) groups is 2. The maximum Gasteiger partial charge on any atom is 0.329 e. The van der Waals surface area contributed by atoms with E-state index in [1.807, 2.05) is 30.3 Å². The Kier molecular flexibility index (Phi) is 4.84. The number of thioether (sulfide) groups is 1. The zero-order chi connectivity index (χ0) is 17.0. The van der Waals surface area contributed by atoms with Gasteiger partial charge in [0.15, 0.2) is 0 Å². The lowest BCUT2D eigenvalue weighted by atomic mass is 9.92. The molecule has 2 aromatic rings. The van der Waals surface area contributed by atoms with Crippen molar-refractivity contribution in [2.24, 2.45) is 0 Å². The van der Waals surface area contributed by atoms with E-state index in [-0.39, 0.29) is 12.5 Å². The number of hydrogen-bond donors (Lipinski definition) is 2. The van der Waals surface area contributed by atoms with Gasteiger partial charge in [-0.3, -0.25) is 4.79 Å². The molecule has 0 aliphatic carbocycles. The molecule has 1 saturated heterocycles. The number of carboxylic acid groups (broad SMARTS) is 1. The van der Waals surface area contributed by atoms with Crippen LogP contribution in [0.2, 0.25) is 0 Å². The zero-order valence-electron chi connectivity index (χ0n) is 13.0. The average Bonchev–Trinajstić information content (AvgIpc) is 3.04. The fourth-order valence-electron chi connectivity index (χ4n) is 2.68. The highest BCUT2D eigenvalue weighted by molar-refractivity contribution is 7.99. The van der Waals surface area contributed by atoms with Crippen LogP contribution in [0.25, 0.3) is 11.3 Å². The number of carboxylic acids is 1. The van der Waals surface area contributed by atoms with E-state index in [1.165, 1.54) is 4.68 Å². The van der Waals surface area contributed by atoms with Crippen LogP contribution in [0, 0.1) is 0 Å². The van der Waals surface area contributed by atoms with Crippen molar-refractivity contribution in [3.8, 4) is 11.3 Å². The van der Waals surface area contributed by atoms with Gasteiger partial charge in [0.1, 0.15) is 17.8 Å². The molecule has 126 valence electrons. The number of hydrogen-bond acceptors (Lipinski definition) is 5. The summed E-state index contributed by atoms with van der Waals surface area (Å²) in [5.41, 5.74) is 0.423. The highest BCUT2D eigenvalue weighted by Gasteiger charge is 2.41. The van der Waals surface area contributed by atoms with E-state index in [0.717, 1.165) is 17.1 Å². The molecule has 1 fully saturated rings. The van der Waals surface area contributed by atoms with Gasteiger partial charge >= 0.3 is 5.97 Å². The largest absolute Gasteiger partial charge is 0.480 e. The van der Waals surface area contributed by atoms with E-state index in [4.69, 9.17) is 0 Å². The molecule has 8 heteroatoms. The number of aliphatic carboxylic acids is 1. The summed E-state index contributed by atoms with van der Waals surface area (Å²) in [5.74, 6) is 0.121. The molecule has 0 saturated carbocycles. The molecule has 1 aromatic carbocycles. The smallest absolute Gasteiger partial charge is 0.329 e. The van der Waals surface area contributed by atoms with Gasteiger partial charge in [-0.1, -0.05) is 35.5 Å². The fourth-order valence-corrected chi connectivity index (χ4v) is 3.87. The standard InChI is InChI=1S/C16H18N4O3S/c21-14(17-16(15(22)23)6-8-24-9-7-16)11-20-10-13(18-19-20)12-4-2-1-3-5-12/h1-5,10H,6-9,11H2,(H,17,21)(H,22,23). The highest BCUT2D eigenvalue weighted by Crippen LogP contribution is 2.27. The summed E-state index contributed by atoms with van der Waals surface area (Å²) in [4.78, 5) is 23.9. The van der Waals surface area contributed by atoms with Gasteiger partial charge in [0.25, 0.3) is 0 Å². The van der Waals surface area contributed by atoms with Crippen molar-refractivity contribution in [3.05, 3.63) is 36.5 Å². The molecule has 0 unspecified atom stereocenters. The SMILES string of the molecule is O=C(Cn1cc(-c2ccccc2)nn1)NC1(C(=O)O)CCSCC1. The van der Waals surface area contributed by atoms with E-state index >= 15 is 0 Å². The molecule has 3 rings (SSSR count). The molecular formula is C16H18N4O3S. The molecule has 0 radical (unpaired) electrons. The summed E-state index contributed by atoms with van der Waals surface area (Å²) in [6.45, 7) is -0.0536.